The predicted molar refractivity (Wildman–Crippen MR) is 58.2 cm³/mol. The molecule has 1 aromatic carbocycles. The molecule has 1 N–H and O–H groups in total. The Kier molecular flexibility index (Phi) is 2.55. The third kappa shape index (κ3) is 1.92. The quantitative estimate of drug-likeness (QED) is 0.908. The fourth-order valence-corrected chi connectivity index (χ4v) is 1.65. The molecule has 76 valence electrons. The lowest BCUT2D eigenvalue weighted by Gasteiger charge is -2.06. The zero-order valence-electron chi connectivity index (χ0n) is 7.59. The number of rotatable bonds is 2. The Morgan fingerprint density at radius 3 is 2.87 bits per heavy atom. The van der Waals surface area contributed by atoms with Gasteiger partial charge in [0.15, 0.2) is 0 Å². The summed E-state index contributed by atoms with van der Waals surface area (Å²) in [6, 6.07) is 6.79. The molecule has 2 aromatic rings. The van der Waals surface area contributed by atoms with Crippen molar-refractivity contribution in [2.24, 2.45) is 0 Å². The average molecular weight is 267 g/mol. The largest absolute Gasteiger partial charge is 0.478 e. The van der Waals surface area contributed by atoms with Crippen molar-refractivity contribution in [2.45, 2.75) is 0 Å². The Morgan fingerprint density at radius 1 is 1.47 bits per heavy atom. The third-order valence-electron chi connectivity index (χ3n) is 1.94. The van der Waals surface area contributed by atoms with Gasteiger partial charge in [0.2, 0.25) is 0 Å². The van der Waals surface area contributed by atoms with E-state index in [0.29, 0.717) is 5.69 Å². The lowest BCUT2D eigenvalue weighted by molar-refractivity contribution is 0.0696. The summed E-state index contributed by atoms with van der Waals surface area (Å²) in [6.07, 6.45) is 3.31. The smallest absolute Gasteiger partial charge is 0.337 e. The second-order valence-corrected chi connectivity index (χ2v) is 3.83. The standard InChI is InChI=1S/C10H7BrN2O2/c11-7-2-3-9(8(6-7)10(14)15)13-5-1-4-12-13/h1-6H,(H,14,15). The summed E-state index contributed by atoms with van der Waals surface area (Å²) in [5.74, 6) is -0.971. The molecule has 1 aromatic heterocycles. The van der Waals surface area contributed by atoms with E-state index in [4.69, 9.17) is 5.11 Å². The van der Waals surface area contributed by atoms with Crippen molar-refractivity contribution in [3.8, 4) is 5.69 Å². The molecule has 0 fully saturated rings. The zero-order valence-corrected chi connectivity index (χ0v) is 9.18. The van der Waals surface area contributed by atoms with Crippen LogP contribution in [0.1, 0.15) is 10.4 Å². The van der Waals surface area contributed by atoms with E-state index in [1.807, 2.05) is 0 Å². The number of hydrogen-bond acceptors (Lipinski definition) is 2. The molecule has 0 atom stereocenters. The number of aromatic carboxylic acids is 1. The monoisotopic (exact) mass is 266 g/mol. The first kappa shape index (κ1) is 9.92. The van der Waals surface area contributed by atoms with Crippen molar-refractivity contribution in [3.63, 3.8) is 0 Å². The first-order chi connectivity index (χ1) is 7.18. The first-order valence-electron chi connectivity index (χ1n) is 4.21. The zero-order chi connectivity index (χ0) is 10.8. The van der Waals surface area contributed by atoms with Gasteiger partial charge in [-0.25, -0.2) is 9.48 Å². The van der Waals surface area contributed by atoms with Gasteiger partial charge >= 0.3 is 5.97 Å². The maximum Gasteiger partial charge on any atom is 0.337 e. The SMILES string of the molecule is O=C(O)c1cc(Br)ccc1-n1cccn1. The van der Waals surface area contributed by atoms with Crippen molar-refractivity contribution < 1.29 is 9.90 Å². The number of benzene rings is 1. The van der Waals surface area contributed by atoms with Gasteiger partial charge < -0.3 is 5.11 Å². The van der Waals surface area contributed by atoms with Crippen LogP contribution in [0.2, 0.25) is 0 Å². The summed E-state index contributed by atoms with van der Waals surface area (Å²) >= 11 is 3.23. The first-order valence-corrected chi connectivity index (χ1v) is 5.00. The van der Waals surface area contributed by atoms with Crippen LogP contribution in [0.4, 0.5) is 0 Å². The molecule has 0 aliphatic heterocycles. The third-order valence-corrected chi connectivity index (χ3v) is 2.43. The molecule has 1 heterocycles. The number of aromatic nitrogens is 2. The summed E-state index contributed by atoms with van der Waals surface area (Å²) in [7, 11) is 0. The van der Waals surface area contributed by atoms with Crippen LogP contribution in [0.15, 0.2) is 41.1 Å². The van der Waals surface area contributed by atoms with Crippen LogP contribution in [0.5, 0.6) is 0 Å². The second kappa shape index (κ2) is 3.86. The molecule has 0 radical (unpaired) electrons. The number of carboxylic acids is 1. The highest BCUT2D eigenvalue weighted by molar-refractivity contribution is 9.10. The normalized spacial score (nSPS) is 10.2. The van der Waals surface area contributed by atoms with Gasteiger partial charge in [-0.2, -0.15) is 5.10 Å². The summed E-state index contributed by atoms with van der Waals surface area (Å²) in [5, 5.41) is 13.0. The molecule has 4 nitrogen and oxygen atoms in total. The van der Waals surface area contributed by atoms with Gasteiger partial charge in [-0.3, -0.25) is 0 Å². The molecule has 15 heavy (non-hydrogen) atoms. The minimum absolute atomic E-state index is 0.216. The van der Waals surface area contributed by atoms with Crippen LogP contribution in [-0.2, 0) is 0 Å². The van der Waals surface area contributed by atoms with Crippen LogP contribution in [0.25, 0.3) is 5.69 Å². The molecule has 0 spiro atoms. The Hall–Kier alpha value is -1.62. The Labute approximate surface area is 94.3 Å². The molecular weight excluding hydrogens is 260 g/mol. The van der Waals surface area contributed by atoms with Gasteiger partial charge in [-0.15, -0.1) is 0 Å². The van der Waals surface area contributed by atoms with Crippen LogP contribution >= 0.6 is 15.9 Å². The van der Waals surface area contributed by atoms with Gasteiger partial charge in [0.05, 0.1) is 11.3 Å². The lowest BCUT2D eigenvalue weighted by atomic mass is 10.2. The Morgan fingerprint density at radius 2 is 2.27 bits per heavy atom. The van der Waals surface area contributed by atoms with E-state index in [2.05, 4.69) is 21.0 Å². The maximum absolute atomic E-state index is 11.0. The Bertz CT molecular complexity index is 494. The number of hydrogen-bond donors (Lipinski definition) is 1. The van der Waals surface area contributed by atoms with Crippen molar-refractivity contribution in [2.75, 3.05) is 0 Å². The number of nitrogens with zero attached hydrogens (tertiary/aromatic N) is 2. The summed E-state index contributed by atoms with van der Waals surface area (Å²) in [5.41, 5.74) is 0.767. The van der Waals surface area contributed by atoms with Crippen molar-refractivity contribution >= 4 is 21.9 Å². The highest BCUT2D eigenvalue weighted by atomic mass is 79.9. The van der Waals surface area contributed by atoms with E-state index in [9.17, 15) is 4.79 Å². The molecular formula is C10H7BrN2O2. The molecule has 5 heteroatoms. The molecule has 0 aliphatic rings. The van der Waals surface area contributed by atoms with Gasteiger partial charge in [-0.1, -0.05) is 15.9 Å². The predicted octanol–water partition coefficient (Wildman–Crippen LogP) is 2.33. The van der Waals surface area contributed by atoms with E-state index in [0.717, 1.165) is 4.47 Å². The van der Waals surface area contributed by atoms with E-state index in [1.165, 1.54) is 4.68 Å². The highest BCUT2D eigenvalue weighted by Crippen LogP contribution is 2.19. The number of carboxylic acid groups (broad SMARTS) is 1. The molecule has 0 unspecified atom stereocenters. The van der Waals surface area contributed by atoms with Crippen LogP contribution < -0.4 is 0 Å². The Balaban J connectivity index is 2.61. The lowest BCUT2D eigenvalue weighted by Crippen LogP contribution is -2.05. The topological polar surface area (TPSA) is 55.1 Å². The minimum Gasteiger partial charge on any atom is -0.478 e. The fourth-order valence-electron chi connectivity index (χ4n) is 1.29. The molecule has 0 bridgehead atoms. The molecule has 0 amide bonds. The van der Waals surface area contributed by atoms with E-state index < -0.39 is 5.97 Å². The molecule has 0 saturated heterocycles. The van der Waals surface area contributed by atoms with E-state index >= 15 is 0 Å². The van der Waals surface area contributed by atoms with Gasteiger partial charge in [0, 0.05) is 16.9 Å². The summed E-state index contributed by atoms with van der Waals surface area (Å²) in [6.45, 7) is 0. The fraction of sp³-hybridized carbons (Fsp3) is 0. The van der Waals surface area contributed by atoms with E-state index in [-0.39, 0.29) is 5.56 Å². The van der Waals surface area contributed by atoms with Crippen LogP contribution in [-0.4, -0.2) is 20.9 Å². The van der Waals surface area contributed by atoms with Crippen molar-refractivity contribution in [3.05, 3.63) is 46.7 Å². The van der Waals surface area contributed by atoms with Gasteiger partial charge in [0.1, 0.15) is 0 Å². The second-order valence-electron chi connectivity index (χ2n) is 2.92. The molecule has 0 saturated carbocycles. The molecule has 2 rings (SSSR count). The van der Waals surface area contributed by atoms with Gasteiger partial charge in [-0.05, 0) is 24.3 Å². The van der Waals surface area contributed by atoms with Crippen molar-refractivity contribution in [1.29, 1.82) is 0 Å². The van der Waals surface area contributed by atoms with Crippen molar-refractivity contribution in [1.82, 2.24) is 9.78 Å². The maximum atomic E-state index is 11.0. The van der Waals surface area contributed by atoms with E-state index in [1.54, 1.807) is 36.7 Å². The van der Waals surface area contributed by atoms with Gasteiger partial charge in [0.25, 0.3) is 0 Å². The van der Waals surface area contributed by atoms with Crippen LogP contribution in [0.3, 0.4) is 0 Å². The average Bonchev–Trinajstić information content (AvgIpc) is 2.70. The molecule has 0 aliphatic carbocycles. The summed E-state index contributed by atoms with van der Waals surface area (Å²) in [4.78, 5) is 11.0. The number of halogens is 1. The minimum atomic E-state index is -0.971. The highest BCUT2D eigenvalue weighted by Gasteiger charge is 2.11. The summed E-state index contributed by atoms with van der Waals surface area (Å²) < 4.78 is 2.26. The number of carbonyl (C=O) groups is 1. The van der Waals surface area contributed by atoms with Crippen LogP contribution in [0, 0.1) is 0 Å².